The first-order valence-corrected chi connectivity index (χ1v) is 8.39. The molecule has 0 radical (unpaired) electrons. The SMILES string of the molecule is CON(C(=O)O)c1ccccc1COc1c(C)c(-c2ccccc2)nn1C. The number of para-hydroxylation sites is 1. The van der Waals surface area contributed by atoms with E-state index in [2.05, 4.69) is 5.10 Å². The van der Waals surface area contributed by atoms with Gasteiger partial charge in [-0.3, -0.25) is 4.84 Å². The molecule has 27 heavy (non-hydrogen) atoms. The van der Waals surface area contributed by atoms with E-state index in [-0.39, 0.29) is 6.61 Å². The molecule has 2 aromatic carbocycles. The topological polar surface area (TPSA) is 76.8 Å². The maximum Gasteiger partial charge on any atom is 0.436 e. The number of aryl methyl sites for hydroxylation is 1. The van der Waals surface area contributed by atoms with Crippen LogP contribution < -0.4 is 9.80 Å². The molecule has 140 valence electrons. The summed E-state index contributed by atoms with van der Waals surface area (Å²) in [7, 11) is 3.13. The summed E-state index contributed by atoms with van der Waals surface area (Å²) in [6.45, 7) is 2.13. The summed E-state index contributed by atoms with van der Waals surface area (Å²) in [5.41, 5.74) is 3.88. The van der Waals surface area contributed by atoms with E-state index in [0.29, 0.717) is 17.1 Å². The smallest absolute Gasteiger partial charge is 0.436 e. The first kappa shape index (κ1) is 18.5. The van der Waals surface area contributed by atoms with Gasteiger partial charge in [0.05, 0.1) is 18.5 Å². The summed E-state index contributed by atoms with van der Waals surface area (Å²) in [6.07, 6.45) is -1.20. The highest BCUT2D eigenvalue weighted by atomic mass is 16.7. The highest BCUT2D eigenvalue weighted by molar-refractivity contribution is 5.84. The van der Waals surface area contributed by atoms with Crippen LogP contribution in [0.1, 0.15) is 11.1 Å². The maximum absolute atomic E-state index is 11.4. The van der Waals surface area contributed by atoms with E-state index >= 15 is 0 Å². The third kappa shape index (κ3) is 3.78. The lowest BCUT2D eigenvalue weighted by Crippen LogP contribution is -2.29. The van der Waals surface area contributed by atoms with Crippen LogP contribution in [0.15, 0.2) is 54.6 Å². The first-order valence-electron chi connectivity index (χ1n) is 8.39. The zero-order chi connectivity index (χ0) is 19.4. The van der Waals surface area contributed by atoms with Gasteiger partial charge in [-0.15, -0.1) is 0 Å². The van der Waals surface area contributed by atoms with Crippen molar-refractivity contribution in [3.8, 4) is 17.1 Å². The van der Waals surface area contributed by atoms with Crippen LogP contribution in [0.3, 0.4) is 0 Å². The molecule has 0 aliphatic rings. The number of aromatic nitrogens is 2. The number of hydrogen-bond donors (Lipinski definition) is 1. The quantitative estimate of drug-likeness (QED) is 0.666. The summed E-state index contributed by atoms with van der Waals surface area (Å²) in [5, 5.41) is 14.7. The Balaban J connectivity index is 1.87. The van der Waals surface area contributed by atoms with Crippen molar-refractivity contribution in [3.05, 3.63) is 65.7 Å². The number of benzene rings is 2. The highest BCUT2D eigenvalue weighted by Crippen LogP contribution is 2.30. The average molecular weight is 367 g/mol. The molecule has 0 aliphatic carbocycles. The Morgan fingerprint density at radius 3 is 2.48 bits per heavy atom. The number of hydroxylamine groups is 1. The summed E-state index contributed by atoms with van der Waals surface area (Å²) in [4.78, 5) is 16.3. The fourth-order valence-electron chi connectivity index (χ4n) is 2.94. The Labute approximate surface area is 157 Å². The first-order chi connectivity index (χ1) is 13.0. The van der Waals surface area contributed by atoms with Gasteiger partial charge < -0.3 is 9.84 Å². The van der Waals surface area contributed by atoms with Crippen LogP contribution in [0.2, 0.25) is 0 Å². The fraction of sp³-hybridized carbons (Fsp3) is 0.200. The van der Waals surface area contributed by atoms with Crippen molar-refractivity contribution in [2.24, 2.45) is 7.05 Å². The minimum atomic E-state index is -1.20. The average Bonchev–Trinajstić information content (AvgIpc) is 2.96. The Bertz CT molecular complexity index is 938. The number of hydrogen-bond acceptors (Lipinski definition) is 4. The zero-order valence-corrected chi connectivity index (χ0v) is 15.4. The van der Waals surface area contributed by atoms with Crippen molar-refractivity contribution in [2.45, 2.75) is 13.5 Å². The third-order valence-electron chi connectivity index (χ3n) is 4.20. The van der Waals surface area contributed by atoms with Crippen molar-refractivity contribution in [1.82, 2.24) is 9.78 Å². The van der Waals surface area contributed by atoms with Gasteiger partial charge in [-0.25, -0.2) is 9.48 Å². The summed E-state index contributed by atoms with van der Waals surface area (Å²) >= 11 is 0. The molecular weight excluding hydrogens is 346 g/mol. The van der Waals surface area contributed by atoms with E-state index in [0.717, 1.165) is 21.9 Å². The second-order valence-corrected chi connectivity index (χ2v) is 5.95. The predicted molar refractivity (Wildman–Crippen MR) is 102 cm³/mol. The Morgan fingerprint density at radius 2 is 1.81 bits per heavy atom. The second-order valence-electron chi connectivity index (χ2n) is 5.95. The van der Waals surface area contributed by atoms with Crippen molar-refractivity contribution in [1.29, 1.82) is 0 Å². The molecule has 0 fully saturated rings. The lowest BCUT2D eigenvalue weighted by atomic mass is 10.1. The number of nitrogens with zero attached hydrogens (tertiary/aromatic N) is 3. The van der Waals surface area contributed by atoms with E-state index in [1.165, 1.54) is 7.11 Å². The van der Waals surface area contributed by atoms with Crippen LogP contribution in [0.5, 0.6) is 5.88 Å². The van der Waals surface area contributed by atoms with Gasteiger partial charge in [-0.1, -0.05) is 48.5 Å². The monoisotopic (exact) mass is 367 g/mol. The van der Waals surface area contributed by atoms with E-state index in [1.54, 1.807) is 22.9 Å². The number of amides is 1. The molecule has 0 unspecified atom stereocenters. The van der Waals surface area contributed by atoms with Crippen molar-refractivity contribution < 1.29 is 19.5 Å². The molecule has 0 spiro atoms. The Kier molecular flexibility index (Phi) is 5.42. The van der Waals surface area contributed by atoms with Gasteiger partial charge >= 0.3 is 6.09 Å². The van der Waals surface area contributed by atoms with E-state index in [4.69, 9.17) is 9.57 Å². The number of rotatable bonds is 6. The zero-order valence-electron chi connectivity index (χ0n) is 15.4. The van der Waals surface area contributed by atoms with Gasteiger partial charge in [-0.2, -0.15) is 10.2 Å². The van der Waals surface area contributed by atoms with Gasteiger partial charge in [0.1, 0.15) is 6.61 Å². The van der Waals surface area contributed by atoms with Crippen molar-refractivity contribution >= 4 is 11.8 Å². The largest absolute Gasteiger partial charge is 0.473 e. The number of anilines is 1. The summed E-state index contributed by atoms with van der Waals surface area (Å²) in [5.74, 6) is 0.628. The van der Waals surface area contributed by atoms with E-state index in [9.17, 15) is 9.90 Å². The van der Waals surface area contributed by atoms with Crippen molar-refractivity contribution in [3.63, 3.8) is 0 Å². The second kappa shape index (κ2) is 7.92. The van der Waals surface area contributed by atoms with E-state index in [1.807, 2.05) is 50.4 Å². The molecule has 0 saturated heterocycles. The molecule has 3 rings (SSSR count). The van der Waals surface area contributed by atoms with Crippen LogP contribution in [0.25, 0.3) is 11.3 Å². The summed E-state index contributed by atoms with van der Waals surface area (Å²) < 4.78 is 7.68. The van der Waals surface area contributed by atoms with Crippen LogP contribution in [-0.2, 0) is 18.5 Å². The van der Waals surface area contributed by atoms with Crippen molar-refractivity contribution in [2.75, 3.05) is 12.2 Å². The van der Waals surface area contributed by atoms with Gasteiger partial charge in [0.2, 0.25) is 5.88 Å². The van der Waals surface area contributed by atoms with E-state index < -0.39 is 6.09 Å². The Morgan fingerprint density at radius 1 is 1.15 bits per heavy atom. The van der Waals surface area contributed by atoms with Crippen LogP contribution in [0.4, 0.5) is 10.5 Å². The van der Waals surface area contributed by atoms with Gasteiger partial charge in [0.15, 0.2) is 0 Å². The number of ether oxygens (including phenoxy) is 1. The number of carboxylic acid groups (broad SMARTS) is 1. The molecule has 1 N–H and O–H groups in total. The molecular formula is C20H21N3O4. The molecule has 7 nitrogen and oxygen atoms in total. The van der Waals surface area contributed by atoms with Crippen LogP contribution in [0, 0.1) is 6.92 Å². The molecule has 3 aromatic rings. The molecule has 0 atom stereocenters. The molecule has 1 heterocycles. The highest BCUT2D eigenvalue weighted by Gasteiger charge is 2.19. The van der Waals surface area contributed by atoms with Gasteiger partial charge in [0.25, 0.3) is 0 Å². The van der Waals surface area contributed by atoms with Gasteiger partial charge in [-0.05, 0) is 13.0 Å². The standard InChI is InChI=1S/C20H21N3O4/c1-14-18(15-9-5-4-6-10-15)21-22(2)19(14)27-13-16-11-7-8-12-17(16)23(26-3)20(24)25/h4-12H,13H2,1-3H3,(H,24,25). The van der Waals surface area contributed by atoms with Crippen LogP contribution in [-0.4, -0.2) is 28.1 Å². The fourth-order valence-corrected chi connectivity index (χ4v) is 2.94. The third-order valence-corrected chi connectivity index (χ3v) is 4.20. The molecule has 7 heteroatoms. The molecule has 1 aromatic heterocycles. The number of carbonyl (C=O) groups is 1. The minimum absolute atomic E-state index is 0.178. The van der Waals surface area contributed by atoms with Gasteiger partial charge in [0, 0.05) is 23.7 Å². The van der Waals surface area contributed by atoms with Crippen LogP contribution >= 0.6 is 0 Å². The Hall–Kier alpha value is -3.32. The molecule has 0 aliphatic heterocycles. The predicted octanol–water partition coefficient (Wildman–Crippen LogP) is 4.02. The molecule has 1 amide bonds. The lowest BCUT2D eigenvalue weighted by Gasteiger charge is -2.19. The summed E-state index contributed by atoms with van der Waals surface area (Å²) in [6, 6.07) is 16.9. The maximum atomic E-state index is 11.4. The minimum Gasteiger partial charge on any atom is -0.473 e. The lowest BCUT2D eigenvalue weighted by molar-refractivity contribution is 0.129. The molecule has 0 bridgehead atoms. The normalized spacial score (nSPS) is 10.6. The molecule has 0 saturated carbocycles.